The van der Waals surface area contributed by atoms with Crippen LogP contribution in [0, 0.1) is 11.3 Å². The highest BCUT2D eigenvalue weighted by Crippen LogP contribution is 2.41. The van der Waals surface area contributed by atoms with Gasteiger partial charge >= 0.3 is 5.69 Å². The zero-order chi connectivity index (χ0) is 17.4. The molecule has 2 aliphatic heterocycles. The second-order valence-corrected chi connectivity index (χ2v) is 7.67. The van der Waals surface area contributed by atoms with Gasteiger partial charge < -0.3 is 9.80 Å². The molecule has 4 rings (SSSR count). The van der Waals surface area contributed by atoms with Crippen LogP contribution in [0.3, 0.4) is 0 Å². The monoisotopic (exact) mass is 344 g/mol. The summed E-state index contributed by atoms with van der Waals surface area (Å²) in [7, 11) is 0. The van der Waals surface area contributed by atoms with E-state index in [1.54, 1.807) is 17.2 Å². The van der Waals surface area contributed by atoms with Crippen LogP contribution in [-0.2, 0) is 16.1 Å². The van der Waals surface area contributed by atoms with Crippen LogP contribution in [0.25, 0.3) is 0 Å². The number of piperidine rings is 1. The summed E-state index contributed by atoms with van der Waals surface area (Å²) in [5.74, 6) is 0.814. The maximum atomic E-state index is 13.0. The Labute approximate surface area is 146 Å². The van der Waals surface area contributed by atoms with Crippen LogP contribution < -0.4 is 5.69 Å². The zero-order valence-corrected chi connectivity index (χ0v) is 14.4. The van der Waals surface area contributed by atoms with E-state index in [9.17, 15) is 14.4 Å². The smallest absolute Gasteiger partial charge is 0.342 e. The second kappa shape index (κ2) is 6.28. The maximum Gasteiger partial charge on any atom is 0.347 e. The van der Waals surface area contributed by atoms with Crippen LogP contribution in [0.15, 0.2) is 23.3 Å². The van der Waals surface area contributed by atoms with E-state index in [0.29, 0.717) is 19.0 Å². The third-order valence-electron chi connectivity index (χ3n) is 5.79. The first kappa shape index (κ1) is 16.3. The summed E-state index contributed by atoms with van der Waals surface area (Å²) in [6, 6.07) is 1.64. The fraction of sp³-hybridized carbons (Fsp3) is 0.667. The maximum absolute atomic E-state index is 13.0. The average molecular weight is 344 g/mol. The Morgan fingerprint density at radius 2 is 2.08 bits per heavy atom. The van der Waals surface area contributed by atoms with E-state index in [4.69, 9.17) is 0 Å². The number of aromatic nitrogens is 2. The van der Waals surface area contributed by atoms with Crippen LogP contribution in [0.2, 0.25) is 0 Å². The molecule has 1 aromatic heterocycles. The summed E-state index contributed by atoms with van der Waals surface area (Å²) in [5.41, 5.74) is -0.822. The molecule has 0 radical (unpaired) electrons. The standard InChI is InChI=1S/C18H24N4O3/c23-15(12-21-9-2-7-19-17(21)25)22-10-6-18(13-22)5-1-8-20(16(18)24)11-14-3-4-14/h2,7,9,14H,1,3-6,8,10-13H2. The van der Waals surface area contributed by atoms with E-state index < -0.39 is 11.1 Å². The molecule has 7 nitrogen and oxygen atoms in total. The molecule has 0 aromatic carbocycles. The molecule has 1 aliphatic carbocycles. The molecule has 1 saturated carbocycles. The third-order valence-corrected chi connectivity index (χ3v) is 5.79. The van der Waals surface area contributed by atoms with Crippen LogP contribution in [-0.4, -0.2) is 57.3 Å². The summed E-state index contributed by atoms with van der Waals surface area (Å²) in [6.07, 6.45) is 8.08. The van der Waals surface area contributed by atoms with Gasteiger partial charge in [0.05, 0.1) is 5.41 Å². The Morgan fingerprint density at radius 3 is 2.84 bits per heavy atom. The van der Waals surface area contributed by atoms with Crippen molar-refractivity contribution in [1.29, 1.82) is 0 Å². The highest BCUT2D eigenvalue weighted by Gasteiger charge is 2.49. The van der Waals surface area contributed by atoms with Crippen molar-refractivity contribution in [3.63, 3.8) is 0 Å². The van der Waals surface area contributed by atoms with Crippen molar-refractivity contribution in [2.75, 3.05) is 26.2 Å². The van der Waals surface area contributed by atoms with Gasteiger partial charge in [-0.15, -0.1) is 0 Å². The quantitative estimate of drug-likeness (QED) is 0.797. The molecule has 3 heterocycles. The van der Waals surface area contributed by atoms with E-state index in [1.165, 1.54) is 23.6 Å². The van der Waals surface area contributed by atoms with Gasteiger partial charge in [-0.3, -0.25) is 14.2 Å². The first-order valence-corrected chi connectivity index (χ1v) is 9.16. The normalized spacial score (nSPS) is 26.5. The lowest BCUT2D eigenvalue weighted by Gasteiger charge is -2.39. The summed E-state index contributed by atoms with van der Waals surface area (Å²) >= 11 is 0. The molecule has 3 fully saturated rings. The SMILES string of the molecule is O=C(Cn1cccnc1=O)N1CCC2(CCCN(CC3CC3)C2=O)C1. The van der Waals surface area contributed by atoms with E-state index in [2.05, 4.69) is 4.98 Å². The van der Waals surface area contributed by atoms with Gasteiger partial charge in [0, 0.05) is 38.6 Å². The molecule has 7 heteroatoms. The third kappa shape index (κ3) is 3.19. The van der Waals surface area contributed by atoms with Gasteiger partial charge in [0.1, 0.15) is 6.54 Å². The van der Waals surface area contributed by atoms with Crippen molar-refractivity contribution in [3.8, 4) is 0 Å². The van der Waals surface area contributed by atoms with Crippen molar-refractivity contribution >= 4 is 11.8 Å². The Bertz CT molecular complexity index is 742. The van der Waals surface area contributed by atoms with Crippen molar-refractivity contribution in [3.05, 3.63) is 28.9 Å². The zero-order valence-electron chi connectivity index (χ0n) is 14.4. The Balaban J connectivity index is 1.43. The molecule has 134 valence electrons. The lowest BCUT2D eigenvalue weighted by Crippen LogP contribution is -2.51. The highest BCUT2D eigenvalue weighted by atomic mass is 16.2. The van der Waals surface area contributed by atoms with Crippen LogP contribution >= 0.6 is 0 Å². The molecule has 0 bridgehead atoms. The molecular formula is C18H24N4O3. The number of carbonyl (C=O) groups excluding carboxylic acids is 2. The van der Waals surface area contributed by atoms with Gasteiger partial charge in [-0.05, 0) is 44.1 Å². The lowest BCUT2D eigenvalue weighted by molar-refractivity contribution is -0.146. The van der Waals surface area contributed by atoms with Crippen LogP contribution in [0.4, 0.5) is 0 Å². The van der Waals surface area contributed by atoms with E-state index in [1.807, 2.05) is 4.90 Å². The van der Waals surface area contributed by atoms with Gasteiger partial charge in [-0.1, -0.05) is 0 Å². The summed E-state index contributed by atoms with van der Waals surface area (Å²) in [6.45, 7) is 2.82. The van der Waals surface area contributed by atoms with E-state index >= 15 is 0 Å². The van der Waals surface area contributed by atoms with Gasteiger partial charge in [-0.25, -0.2) is 9.78 Å². The summed E-state index contributed by atoms with van der Waals surface area (Å²) in [5, 5.41) is 0. The minimum Gasteiger partial charge on any atom is -0.342 e. The molecular weight excluding hydrogens is 320 g/mol. The fourth-order valence-electron chi connectivity index (χ4n) is 4.16. The predicted octanol–water partition coefficient (Wildman–Crippen LogP) is 0.494. The molecule has 1 atom stereocenters. The number of amides is 2. The summed E-state index contributed by atoms with van der Waals surface area (Å²) < 4.78 is 1.31. The molecule has 0 N–H and O–H groups in total. The van der Waals surface area contributed by atoms with Gasteiger partial charge in [0.25, 0.3) is 0 Å². The molecule has 2 saturated heterocycles. The molecule has 1 unspecified atom stereocenters. The fourth-order valence-corrected chi connectivity index (χ4v) is 4.16. The first-order valence-electron chi connectivity index (χ1n) is 9.16. The predicted molar refractivity (Wildman–Crippen MR) is 90.7 cm³/mol. The van der Waals surface area contributed by atoms with Crippen molar-refractivity contribution < 1.29 is 9.59 Å². The number of likely N-dealkylation sites (tertiary alicyclic amines) is 2. The minimum atomic E-state index is -0.422. The minimum absolute atomic E-state index is 0.0112. The molecule has 25 heavy (non-hydrogen) atoms. The van der Waals surface area contributed by atoms with Gasteiger partial charge in [0.2, 0.25) is 11.8 Å². The topological polar surface area (TPSA) is 75.5 Å². The van der Waals surface area contributed by atoms with Crippen molar-refractivity contribution in [2.45, 2.75) is 38.6 Å². The number of hydrogen-bond donors (Lipinski definition) is 0. The largest absolute Gasteiger partial charge is 0.347 e. The lowest BCUT2D eigenvalue weighted by atomic mass is 9.78. The second-order valence-electron chi connectivity index (χ2n) is 7.67. The number of carbonyl (C=O) groups is 2. The molecule has 3 aliphatic rings. The van der Waals surface area contributed by atoms with Crippen LogP contribution in [0.1, 0.15) is 32.1 Å². The summed E-state index contributed by atoms with van der Waals surface area (Å²) in [4.78, 5) is 44.7. The number of nitrogens with zero attached hydrogens (tertiary/aromatic N) is 4. The molecule has 1 aromatic rings. The number of hydrogen-bond acceptors (Lipinski definition) is 4. The van der Waals surface area contributed by atoms with Crippen molar-refractivity contribution in [1.82, 2.24) is 19.4 Å². The Morgan fingerprint density at radius 1 is 1.24 bits per heavy atom. The van der Waals surface area contributed by atoms with E-state index in [0.717, 1.165) is 32.4 Å². The Hall–Kier alpha value is -2.18. The van der Waals surface area contributed by atoms with Crippen LogP contribution in [0.5, 0.6) is 0 Å². The van der Waals surface area contributed by atoms with Gasteiger partial charge in [0.15, 0.2) is 0 Å². The molecule has 2 amide bonds. The number of rotatable bonds is 4. The Kier molecular flexibility index (Phi) is 4.09. The highest BCUT2D eigenvalue weighted by molar-refractivity contribution is 5.86. The van der Waals surface area contributed by atoms with Crippen molar-refractivity contribution in [2.24, 2.45) is 11.3 Å². The average Bonchev–Trinajstić information content (AvgIpc) is 3.32. The molecule has 1 spiro atoms. The first-order chi connectivity index (χ1) is 12.1. The van der Waals surface area contributed by atoms with E-state index in [-0.39, 0.29) is 18.4 Å². The van der Waals surface area contributed by atoms with Gasteiger partial charge in [-0.2, -0.15) is 0 Å².